The smallest absolute Gasteiger partial charge is 0.191 e. The molecule has 0 atom stereocenters. The summed E-state index contributed by atoms with van der Waals surface area (Å²) in [5.74, 6) is 0.596. The Morgan fingerprint density at radius 3 is 2.45 bits per heavy atom. The van der Waals surface area contributed by atoms with Crippen LogP contribution in [0.3, 0.4) is 0 Å². The number of ether oxygens (including phenoxy) is 1. The van der Waals surface area contributed by atoms with Gasteiger partial charge in [-0.1, -0.05) is 18.6 Å². The molecule has 4 nitrogen and oxygen atoms in total. The molecule has 1 aliphatic carbocycles. The van der Waals surface area contributed by atoms with E-state index in [2.05, 4.69) is 15.6 Å². The molecular weight excluding hydrogens is 396 g/mol. The molecule has 0 aromatic heterocycles. The SMILES string of the molecule is CN=C(NCCOC)NCC1(c2ccc(F)cc2)CCC1.I. The van der Waals surface area contributed by atoms with Crippen molar-refractivity contribution in [2.75, 3.05) is 33.9 Å². The molecule has 0 heterocycles. The summed E-state index contributed by atoms with van der Waals surface area (Å²) in [6.45, 7) is 2.18. The van der Waals surface area contributed by atoms with Gasteiger partial charge in [0, 0.05) is 32.7 Å². The Morgan fingerprint density at radius 2 is 1.95 bits per heavy atom. The van der Waals surface area contributed by atoms with Crippen molar-refractivity contribution in [1.29, 1.82) is 0 Å². The van der Waals surface area contributed by atoms with Crippen LogP contribution in [0.2, 0.25) is 0 Å². The van der Waals surface area contributed by atoms with E-state index in [1.165, 1.54) is 12.0 Å². The second-order valence-electron chi connectivity index (χ2n) is 5.49. The number of hydrogen-bond donors (Lipinski definition) is 2. The normalized spacial score (nSPS) is 16.4. The number of nitrogens with one attached hydrogen (secondary N) is 2. The molecule has 0 unspecified atom stereocenters. The van der Waals surface area contributed by atoms with E-state index in [-0.39, 0.29) is 35.2 Å². The predicted molar refractivity (Wildman–Crippen MR) is 98.6 cm³/mol. The highest BCUT2D eigenvalue weighted by atomic mass is 127. The molecule has 0 radical (unpaired) electrons. The zero-order valence-corrected chi connectivity index (χ0v) is 15.5. The quantitative estimate of drug-likeness (QED) is 0.322. The molecule has 2 N–H and O–H groups in total. The summed E-state index contributed by atoms with van der Waals surface area (Å²) >= 11 is 0. The van der Waals surface area contributed by atoms with Gasteiger partial charge in [-0.05, 0) is 30.5 Å². The minimum atomic E-state index is -0.182. The number of halogens is 2. The minimum Gasteiger partial charge on any atom is -0.383 e. The zero-order chi connectivity index (χ0) is 15.1. The lowest BCUT2D eigenvalue weighted by molar-refractivity contribution is 0.203. The summed E-state index contributed by atoms with van der Waals surface area (Å²) < 4.78 is 18.1. The van der Waals surface area contributed by atoms with Crippen molar-refractivity contribution in [3.05, 3.63) is 35.6 Å². The van der Waals surface area contributed by atoms with Crippen molar-refractivity contribution in [3.63, 3.8) is 0 Å². The minimum absolute atomic E-state index is 0. The molecular formula is C16H25FIN3O. The molecule has 1 aromatic carbocycles. The first-order chi connectivity index (χ1) is 10.2. The van der Waals surface area contributed by atoms with Gasteiger partial charge in [-0.3, -0.25) is 4.99 Å². The summed E-state index contributed by atoms with van der Waals surface area (Å²) in [6.07, 6.45) is 3.47. The molecule has 22 heavy (non-hydrogen) atoms. The first-order valence-electron chi connectivity index (χ1n) is 7.40. The topological polar surface area (TPSA) is 45.7 Å². The average molecular weight is 421 g/mol. The van der Waals surface area contributed by atoms with Gasteiger partial charge >= 0.3 is 0 Å². The maximum absolute atomic E-state index is 13.1. The largest absolute Gasteiger partial charge is 0.383 e. The molecule has 0 amide bonds. The van der Waals surface area contributed by atoms with Crippen LogP contribution in [0.5, 0.6) is 0 Å². The number of nitrogens with zero attached hydrogens (tertiary/aromatic N) is 1. The highest BCUT2D eigenvalue weighted by molar-refractivity contribution is 14.0. The first kappa shape index (κ1) is 19.2. The monoisotopic (exact) mass is 421 g/mol. The van der Waals surface area contributed by atoms with E-state index in [1.807, 2.05) is 12.1 Å². The number of benzene rings is 1. The Labute approximate surface area is 148 Å². The van der Waals surface area contributed by atoms with E-state index in [0.717, 1.165) is 31.9 Å². The molecule has 1 fully saturated rings. The average Bonchev–Trinajstić information content (AvgIpc) is 2.46. The van der Waals surface area contributed by atoms with Gasteiger partial charge in [0.25, 0.3) is 0 Å². The third-order valence-electron chi connectivity index (χ3n) is 4.18. The van der Waals surface area contributed by atoms with E-state index in [0.29, 0.717) is 6.61 Å². The molecule has 0 saturated heterocycles. The highest BCUT2D eigenvalue weighted by Crippen LogP contribution is 2.43. The number of aliphatic imine (C=N–C) groups is 1. The van der Waals surface area contributed by atoms with Gasteiger partial charge in [0.15, 0.2) is 5.96 Å². The van der Waals surface area contributed by atoms with Crippen molar-refractivity contribution in [3.8, 4) is 0 Å². The number of methoxy groups -OCH3 is 1. The fourth-order valence-electron chi connectivity index (χ4n) is 2.72. The second kappa shape index (κ2) is 9.29. The summed E-state index contributed by atoms with van der Waals surface area (Å²) in [5.41, 5.74) is 1.31. The summed E-state index contributed by atoms with van der Waals surface area (Å²) in [5, 5.41) is 6.58. The van der Waals surface area contributed by atoms with Gasteiger partial charge in [0.2, 0.25) is 0 Å². The van der Waals surface area contributed by atoms with E-state index in [1.54, 1.807) is 26.3 Å². The molecule has 1 saturated carbocycles. The van der Waals surface area contributed by atoms with Gasteiger partial charge in [0.05, 0.1) is 6.61 Å². The Kier molecular flexibility index (Phi) is 8.09. The molecule has 124 valence electrons. The van der Waals surface area contributed by atoms with Crippen LogP contribution in [0.15, 0.2) is 29.3 Å². The molecule has 0 spiro atoms. The van der Waals surface area contributed by atoms with Crippen LogP contribution in [0.4, 0.5) is 4.39 Å². The summed E-state index contributed by atoms with van der Waals surface area (Å²) in [4.78, 5) is 4.21. The van der Waals surface area contributed by atoms with Crippen molar-refractivity contribution in [1.82, 2.24) is 10.6 Å². The lowest BCUT2D eigenvalue weighted by Crippen LogP contribution is -2.49. The van der Waals surface area contributed by atoms with Gasteiger partial charge in [-0.15, -0.1) is 24.0 Å². The molecule has 0 aliphatic heterocycles. The lowest BCUT2D eigenvalue weighted by Gasteiger charge is -2.43. The molecule has 2 rings (SSSR count). The third-order valence-corrected chi connectivity index (χ3v) is 4.18. The maximum Gasteiger partial charge on any atom is 0.191 e. The van der Waals surface area contributed by atoms with Gasteiger partial charge in [-0.25, -0.2) is 4.39 Å². The fraction of sp³-hybridized carbons (Fsp3) is 0.562. The van der Waals surface area contributed by atoms with Crippen molar-refractivity contribution >= 4 is 29.9 Å². The fourth-order valence-corrected chi connectivity index (χ4v) is 2.72. The first-order valence-corrected chi connectivity index (χ1v) is 7.40. The second-order valence-corrected chi connectivity index (χ2v) is 5.49. The van der Waals surface area contributed by atoms with Gasteiger partial charge in [0.1, 0.15) is 5.82 Å². The Balaban J connectivity index is 0.00000242. The van der Waals surface area contributed by atoms with Gasteiger partial charge < -0.3 is 15.4 Å². The van der Waals surface area contributed by atoms with Crippen LogP contribution in [0.25, 0.3) is 0 Å². The Bertz CT molecular complexity index is 475. The van der Waals surface area contributed by atoms with Crippen LogP contribution in [0.1, 0.15) is 24.8 Å². The third kappa shape index (κ3) is 4.81. The van der Waals surface area contributed by atoms with Crippen molar-refractivity contribution < 1.29 is 9.13 Å². The number of hydrogen-bond acceptors (Lipinski definition) is 2. The molecule has 1 aliphatic rings. The van der Waals surface area contributed by atoms with Crippen LogP contribution in [0, 0.1) is 5.82 Å². The molecule has 6 heteroatoms. The van der Waals surface area contributed by atoms with Crippen molar-refractivity contribution in [2.45, 2.75) is 24.7 Å². The molecule has 0 bridgehead atoms. The van der Waals surface area contributed by atoms with Crippen LogP contribution >= 0.6 is 24.0 Å². The Morgan fingerprint density at radius 1 is 1.27 bits per heavy atom. The highest BCUT2D eigenvalue weighted by Gasteiger charge is 2.38. The standard InChI is InChI=1S/C16H24FN3O.HI/c1-18-15(19-10-11-21-2)20-12-16(8-3-9-16)13-4-6-14(17)7-5-13;/h4-7H,3,8-12H2,1-2H3,(H2,18,19,20);1H. The summed E-state index contributed by atoms with van der Waals surface area (Å²) in [7, 11) is 3.43. The lowest BCUT2D eigenvalue weighted by atomic mass is 9.64. The number of guanidine groups is 1. The van der Waals surface area contributed by atoms with Crippen molar-refractivity contribution in [2.24, 2.45) is 4.99 Å². The van der Waals surface area contributed by atoms with E-state index in [9.17, 15) is 4.39 Å². The predicted octanol–water partition coefficient (Wildman–Crippen LogP) is 2.68. The van der Waals surface area contributed by atoms with E-state index >= 15 is 0 Å². The van der Waals surface area contributed by atoms with E-state index in [4.69, 9.17) is 4.74 Å². The van der Waals surface area contributed by atoms with Gasteiger partial charge in [-0.2, -0.15) is 0 Å². The van der Waals surface area contributed by atoms with Crippen LogP contribution < -0.4 is 10.6 Å². The summed E-state index contributed by atoms with van der Waals surface area (Å²) in [6, 6.07) is 6.89. The van der Waals surface area contributed by atoms with Crippen LogP contribution in [-0.4, -0.2) is 39.8 Å². The maximum atomic E-state index is 13.1. The number of rotatable bonds is 6. The Hall–Kier alpha value is -0.890. The molecule has 1 aromatic rings. The zero-order valence-electron chi connectivity index (χ0n) is 13.2. The van der Waals surface area contributed by atoms with E-state index < -0.39 is 0 Å². The van der Waals surface area contributed by atoms with Crippen LogP contribution in [-0.2, 0) is 10.2 Å².